The molecule has 0 aliphatic heterocycles. The summed E-state index contributed by atoms with van der Waals surface area (Å²) < 4.78 is 149. The van der Waals surface area contributed by atoms with E-state index in [1.54, 1.807) is 0 Å². The molecular weight excluding hydrogens is 1080 g/mol. The molecular formula is C29H47Cl11F13NO5. The zero-order chi connectivity index (χ0) is 46.9. The van der Waals surface area contributed by atoms with Crippen molar-refractivity contribution in [3.05, 3.63) is 20.5 Å². The first kappa shape index (κ1) is 77.6. The highest BCUT2D eigenvalue weighted by molar-refractivity contribution is 6.58. The van der Waals surface area contributed by atoms with Gasteiger partial charge in [-0.05, 0) is 53.4 Å². The number of methoxy groups -OCH3 is 1. The standard InChI is InChI=1S/C16H36N.C3HCl3F4O.C3H4Cl3FO.C3Cl2F4O.C2HCl3.CF4O.CH4.H2O/c1-5-9-13-17(14-10-6-2,15-11-7-3)16-12-8-4;4-1(7)2(5,6)11-3(8,9)10;1-8-2(4)3(5,6)7;4-1(6)2(5)10-3(7,8)9;3-1-2(4)5;2-1(3,4)6-5;;/h5-16H2,1-4H3;1H;2H,1H3;;1H;;1H4;1H2/q+1;;;;;;;/p-1/b;;;2-1+;;;;. The third-order valence-corrected chi connectivity index (χ3v) is 8.78. The van der Waals surface area contributed by atoms with Crippen molar-refractivity contribution in [2.24, 2.45) is 0 Å². The molecule has 0 spiro atoms. The van der Waals surface area contributed by atoms with Gasteiger partial charge < -0.3 is 19.4 Å². The summed E-state index contributed by atoms with van der Waals surface area (Å²) >= 11 is 52.3. The number of alkyl halides is 17. The maximum atomic E-state index is 12.1. The van der Waals surface area contributed by atoms with Crippen molar-refractivity contribution in [1.82, 2.24) is 0 Å². The summed E-state index contributed by atoms with van der Waals surface area (Å²) in [5.41, 5.74) is -2.89. The van der Waals surface area contributed by atoms with Crippen LogP contribution in [0.1, 0.15) is 86.5 Å². The van der Waals surface area contributed by atoms with Crippen LogP contribution in [0.4, 0.5) is 57.2 Å². The molecule has 0 heterocycles. The van der Waals surface area contributed by atoms with Crippen LogP contribution in [0.3, 0.4) is 0 Å². The minimum Gasteiger partial charge on any atom is -0.870 e. The lowest BCUT2D eigenvalue weighted by Gasteiger charge is -2.39. The Bertz CT molecular complexity index is 968. The van der Waals surface area contributed by atoms with Crippen LogP contribution >= 0.6 is 128 Å². The molecule has 59 heavy (non-hydrogen) atoms. The summed E-state index contributed by atoms with van der Waals surface area (Å²) in [6, 6.07) is 0. The molecule has 1 N–H and O–H groups in total. The largest absolute Gasteiger partial charge is 0.870 e. The topological polar surface area (TPSA) is 66.9 Å². The Morgan fingerprint density at radius 2 is 0.949 bits per heavy atom. The molecule has 2 unspecified atom stereocenters. The summed E-state index contributed by atoms with van der Waals surface area (Å²) in [4.78, 5) is 1.44. The van der Waals surface area contributed by atoms with Gasteiger partial charge in [0.05, 0.1) is 26.2 Å². The molecule has 0 amide bonds. The second kappa shape index (κ2) is 42.0. The van der Waals surface area contributed by atoms with Gasteiger partial charge in [-0.3, -0.25) is 4.74 Å². The molecule has 366 valence electrons. The number of nitrogens with zero attached hydrogens (tertiary/aromatic N) is 1. The normalized spacial score (nSPS) is 13.0. The lowest BCUT2D eigenvalue weighted by Crippen LogP contribution is -2.50. The van der Waals surface area contributed by atoms with E-state index in [-0.39, 0.29) is 17.4 Å². The fourth-order valence-corrected chi connectivity index (χ4v) is 3.64. The van der Waals surface area contributed by atoms with Crippen LogP contribution in [0, 0.1) is 0 Å². The average molecular weight is 1130 g/mol. The minimum absolute atomic E-state index is 0. The Kier molecular flexibility index (Phi) is 55.3. The Hall–Kier alpha value is 1.36. The van der Waals surface area contributed by atoms with Crippen molar-refractivity contribution in [1.29, 1.82) is 0 Å². The number of unbranched alkanes of at least 4 members (excludes halogenated alkanes) is 4. The van der Waals surface area contributed by atoms with Crippen molar-refractivity contribution in [2.45, 2.75) is 126 Å². The molecule has 30 heteroatoms. The van der Waals surface area contributed by atoms with Crippen LogP contribution in [0.2, 0.25) is 0 Å². The predicted molar refractivity (Wildman–Crippen MR) is 213 cm³/mol. The molecule has 0 aromatic heterocycles. The second-order valence-electron chi connectivity index (χ2n) is 10.2. The monoisotopic (exact) mass is 1120 g/mol. The molecule has 6 nitrogen and oxygen atoms in total. The molecule has 0 rings (SSSR count). The Balaban J connectivity index is -0.0000000917. The van der Waals surface area contributed by atoms with E-state index in [4.69, 9.17) is 69.6 Å². The fraction of sp³-hybridized carbons (Fsp3) is 0.862. The van der Waals surface area contributed by atoms with Gasteiger partial charge in [0.15, 0.2) is 5.56 Å². The average Bonchev–Trinajstić information content (AvgIpc) is 3.06. The maximum Gasteiger partial charge on any atom is 0.573 e. The van der Waals surface area contributed by atoms with Crippen LogP contribution in [0.5, 0.6) is 0 Å². The van der Waals surface area contributed by atoms with Crippen molar-refractivity contribution in [2.75, 3.05) is 33.3 Å². The van der Waals surface area contributed by atoms with Crippen LogP contribution in [-0.4, -0.2) is 82.6 Å². The Morgan fingerprint density at radius 3 is 1.03 bits per heavy atom. The van der Waals surface area contributed by atoms with Gasteiger partial charge >= 0.3 is 19.1 Å². The number of quaternary nitrogens is 1. The van der Waals surface area contributed by atoms with Gasteiger partial charge in [0.25, 0.3) is 9.11 Å². The minimum atomic E-state index is -5.12. The highest BCUT2D eigenvalue weighted by Crippen LogP contribution is 2.37. The molecule has 0 aromatic rings. The van der Waals surface area contributed by atoms with E-state index in [0.29, 0.717) is 0 Å². The maximum absolute atomic E-state index is 12.1. The highest BCUT2D eigenvalue weighted by Gasteiger charge is 2.46. The van der Waals surface area contributed by atoms with E-state index in [2.05, 4.69) is 99.9 Å². The van der Waals surface area contributed by atoms with Crippen molar-refractivity contribution in [3.63, 3.8) is 0 Å². The van der Waals surface area contributed by atoms with Gasteiger partial charge in [-0.25, -0.2) is 8.78 Å². The summed E-state index contributed by atoms with van der Waals surface area (Å²) in [5, 5.41) is -3.26. The third-order valence-electron chi connectivity index (χ3n) is 5.44. The van der Waals surface area contributed by atoms with E-state index in [1.165, 1.54) is 94.1 Å². The molecule has 0 aromatic carbocycles. The lowest BCUT2D eigenvalue weighted by atomic mass is 10.1. The Labute approximate surface area is 391 Å². The number of halogens is 24. The first-order valence-corrected chi connectivity index (χ1v) is 19.8. The lowest BCUT2D eigenvalue weighted by molar-refractivity contribution is -0.929. The zero-order valence-electron chi connectivity index (χ0n) is 30.8. The van der Waals surface area contributed by atoms with E-state index >= 15 is 0 Å². The van der Waals surface area contributed by atoms with Crippen molar-refractivity contribution < 1.29 is 86.3 Å². The van der Waals surface area contributed by atoms with Gasteiger partial charge in [-0.15, -0.1) is 39.5 Å². The summed E-state index contributed by atoms with van der Waals surface area (Å²) in [5.74, 6) is 0. The zero-order valence-corrected chi connectivity index (χ0v) is 39.1. The summed E-state index contributed by atoms with van der Waals surface area (Å²) in [6.07, 6.45) is -4.20. The van der Waals surface area contributed by atoms with Crippen LogP contribution in [-0.2, 0) is 19.2 Å². The second-order valence-corrected chi connectivity index (χ2v) is 15.4. The van der Waals surface area contributed by atoms with Gasteiger partial charge in [0.2, 0.25) is 16.1 Å². The van der Waals surface area contributed by atoms with Gasteiger partial charge in [0, 0.05) is 12.6 Å². The molecule has 0 bridgehead atoms. The van der Waals surface area contributed by atoms with E-state index < -0.39 is 49.9 Å². The van der Waals surface area contributed by atoms with Gasteiger partial charge in [0.1, 0.15) is 4.49 Å². The predicted octanol–water partition coefficient (Wildman–Crippen LogP) is 18.0. The molecule has 0 saturated carbocycles. The quantitative estimate of drug-likeness (QED) is 0.0628. The van der Waals surface area contributed by atoms with Crippen molar-refractivity contribution in [3.8, 4) is 0 Å². The Morgan fingerprint density at radius 1 is 0.661 bits per heavy atom. The first-order chi connectivity index (χ1) is 25.5. The SMILES string of the molecule is C.CCCC[N+](CCCC)(CCCC)CCCC.COC(Cl)C(F)(Cl)Cl.ClC=C(Cl)Cl.F/C(Cl)=C(\Cl)OC(F)(F)F.FC(Cl)C(Cl)(Cl)OC(F)(F)F.FOC(F)(F)F.[OH-]. The third kappa shape index (κ3) is 63.7. The van der Waals surface area contributed by atoms with Gasteiger partial charge in [-0.1, -0.05) is 170 Å². The fourth-order valence-electron chi connectivity index (χ4n) is 3.12. The van der Waals surface area contributed by atoms with Crippen LogP contribution < -0.4 is 0 Å². The molecule has 2 atom stereocenters. The molecule has 0 aliphatic carbocycles. The molecule has 0 fully saturated rings. The number of ether oxygens (including phenoxy) is 3. The van der Waals surface area contributed by atoms with Gasteiger partial charge in [-0.2, -0.15) is 4.39 Å². The van der Waals surface area contributed by atoms with E-state index in [9.17, 15) is 57.2 Å². The highest BCUT2D eigenvalue weighted by atomic mass is 35.5. The molecule has 0 radical (unpaired) electrons. The number of hydrogen-bond donors (Lipinski definition) is 0. The van der Waals surface area contributed by atoms with Crippen molar-refractivity contribution >= 4 is 128 Å². The molecule has 0 aliphatic rings. The number of rotatable bonds is 17. The van der Waals surface area contributed by atoms with Crippen LogP contribution in [0.25, 0.3) is 0 Å². The summed E-state index contributed by atoms with van der Waals surface area (Å²) in [6.45, 7) is 15.0. The van der Waals surface area contributed by atoms with E-state index in [1.807, 2.05) is 0 Å². The number of hydrogen-bond acceptors (Lipinski definition) is 5. The smallest absolute Gasteiger partial charge is 0.573 e. The molecule has 0 saturated heterocycles. The first-order valence-electron chi connectivity index (χ1n) is 15.5. The summed E-state index contributed by atoms with van der Waals surface area (Å²) in [7, 11) is 1.21. The van der Waals surface area contributed by atoms with Crippen LogP contribution in [0.15, 0.2) is 20.5 Å². The van der Waals surface area contributed by atoms with E-state index in [0.717, 1.165) is 5.54 Å².